The van der Waals surface area contributed by atoms with Gasteiger partial charge in [0, 0.05) is 23.7 Å². The molecular formula is C18H13NO3. The quantitative estimate of drug-likeness (QED) is 0.683. The van der Waals surface area contributed by atoms with E-state index in [2.05, 4.69) is 5.32 Å². The summed E-state index contributed by atoms with van der Waals surface area (Å²) >= 11 is 0. The maximum atomic E-state index is 12.3. The van der Waals surface area contributed by atoms with Crippen molar-refractivity contribution in [1.29, 1.82) is 0 Å². The lowest BCUT2D eigenvalue weighted by molar-refractivity contribution is -0.114. The van der Waals surface area contributed by atoms with Crippen LogP contribution in [0.5, 0.6) is 0 Å². The van der Waals surface area contributed by atoms with Gasteiger partial charge in [0.05, 0.1) is 5.57 Å². The Morgan fingerprint density at radius 1 is 0.909 bits per heavy atom. The Labute approximate surface area is 127 Å². The zero-order chi connectivity index (χ0) is 15.7. The highest BCUT2D eigenvalue weighted by atomic mass is 16.2. The zero-order valence-corrected chi connectivity index (χ0v) is 11.9. The minimum absolute atomic E-state index is 0.150. The number of hydrogen-bond acceptors (Lipinski definition) is 3. The molecule has 0 fully saturated rings. The molecule has 2 aromatic carbocycles. The fourth-order valence-electron chi connectivity index (χ4n) is 2.44. The van der Waals surface area contributed by atoms with Gasteiger partial charge in [0.15, 0.2) is 11.6 Å². The van der Waals surface area contributed by atoms with E-state index < -0.39 is 0 Å². The topological polar surface area (TPSA) is 63.2 Å². The number of fused-ring (bicyclic) bond motifs is 1. The molecule has 1 amide bonds. The Hall–Kier alpha value is -3.01. The summed E-state index contributed by atoms with van der Waals surface area (Å²) in [5, 5.41) is 2.66. The molecule has 1 N–H and O–H groups in total. The van der Waals surface area contributed by atoms with Crippen LogP contribution in [0.2, 0.25) is 0 Å². The van der Waals surface area contributed by atoms with E-state index in [1.165, 1.54) is 6.92 Å². The van der Waals surface area contributed by atoms with Crippen LogP contribution in [0.25, 0.3) is 6.08 Å². The second kappa shape index (κ2) is 5.41. The first-order valence-corrected chi connectivity index (χ1v) is 6.84. The molecule has 0 spiro atoms. The molecule has 3 rings (SSSR count). The molecule has 0 radical (unpaired) electrons. The number of carbonyl (C=O) groups is 3. The molecule has 0 saturated heterocycles. The van der Waals surface area contributed by atoms with Crippen molar-refractivity contribution in [1.82, 2.24) is 0 Å². The molecule has 22 heavy (non-hydrogen) atoms. The molecule has 108 valence electrons. The van der Waals surface area contributed by atoms with E-state index in [0.717, 1.165) is 5.56 Å². The lowest BCUT2D eigenvalue weighted by atomic mass is 10.1. The molecule has 4 nitrogen and oxygen atoms in total. The van der Waals surface area contributed by atoms with Crippen LogP contribution in [0.15, 0.2) is 54.1 Å². The largest absolute Gasteiger partial charge is 0.326 e. The summed E-state index contributed by atoms with van der Waals surface area (Å²) in [6.45, 7) is 1.43. The normalized spacial score (nSPS) is 13.0. The van der Waals surface area contributed by atoms with Gasteiger partial charge in [-0.05, 0) is 23.8 Å². The fraction of sp³-hybridized carbons (Fsp3) is 0.0556. The third kappa shape index (κ3) is 2.46. The van der Waals surface area contributed by atoms with Crippen molar-refractivity contribution in [3.05, 3.63) is 70.8 Å². The number of benzene rings is 2. The summed E-state index contributed by atoms with van der Waals surface area (Å²) in [5.74, 6) is -0.638. The number of rotatable bonds is 2. The van der Waals surface area contributed by atoms with Crippen LogP contribution in [-0.4, -0.2) is 17.5 Å². The summed E-state index contributed by atoms with van der Waals surface area (Å²) in [7, 11) is 0. The van der Waals surface area contributed by atoms with Crippen LogP contribution < -0.4 is 5.32 Å². The first-order chi connectivity index (χ1) is 10.6. The van der Waals surface area contributed by atoms with Crippen LogP contribution in [0.1, 0.15) is 33.2 Å². The van der Waals surface area contributed by atoms with Crippen molar-refractivity contribution in [2.75, 3.05) is 5.32 Å². The van der Waals surface area contributed by atoms with Crippen LogP contribution >= 0.6 is 0 Å². The monoisotopic (exact) mass is 291 g/mol. The molecule has 0 saturated carbocycles. The number of ketones is 2. The molecule has 4 heteroatoms. The smallest absolute Gasteiger partial charge is 0.221 e. The second-order valence-corrected chi connectivity index (χ2v) is 5.07. The molecule has 1 aliphatic rings. The standard InChI is InChI=1S/C18H13NO3/c1-11(20)19-13-8-6-12(7-9-13)10-16-17(21)14-4-2-3-5-15(14)18(16)22/h2-10H,1H3,(H,19,20). The van der Waals surface area contributed by atoms with Gasteiger partial charge in [-0.2, -0.15) is 0 Å². The van der Waals surface area contributed by atoms with Crippen molar-refractivity contribution in [3.63, 3.8) is 0 Å². The third-order valence-electron chi connectivity index (χ3n) is 3.45. The zero-order valence-electron chi connectivity index (χ0n) is 11.9. The Balaban J connectivity index is 1.92. The third-order valence-corrected chi connectivity index (χ3v) is 3.45. The molecule has 2 aromatic rings. The van der Waals surface area contributed by atoms with Crippen LogP contribution in [0.4, 0.5) is 5.69 Å². The number of hydrogen-bond donors (Lipinski definition) is 1. The Bertz CT molecular complexity index is 779. The molecular weight excluding hydrogens is 278 g/mol. The van der Waals surface area contributed by atoms with Gasteiger partial charge in [-0.3, -0.25) is 14.4 Å². The van der Waals surface area contributed by atoms with Gasteiger partial charge in [0.2, 0.25) is 5.91 Å². The summed E-state index contributed by atoms with van der Waals surface area (Å²) in [5.41, 5.74) is 2.48. The highest BCUT2D eigenvalue weighted by molar-refractivity contribution is 6.41. The van der Waals surface area contributed by atoms with Crippen LogP contribution in [0, 0.1) is 0 Å². The molecule has 0 unspecified atom stereocenters. The van der Waals surface area contributed by atoms with Crippen LogP contribution in [-0.2, 0) is 4.79 Å². The van der Waals surface area contributed by atoms with Crippen molar-refractivity contribution in [2.45, 2.75) is 6.92 Å². The molecule has 0 aliphatic heterocycles. The highest BCUT2D eigenvalue weighted by Gasteiger charge is 2.32. The van der Waals surface area contributed by atoms with Gasteiger partial charge >= 0.3 is 0 Å². The van der Waals surface area contributed by atoms with Crippen molar-refractivity contribution in [2.24, 2.45) is 0 Å². The number of anilines is 1. The minimum atomic E-state index is -0.244. The Kier molecular flexibility index (Phi) is 3.43. The lowest BCUT2D eigenvalue weighted by Crippen LogP contribution is -2.05. The average Bonchev–Trinajstić information content (AvgIpc) is 2.74. The number of amides is 1. The second-order valence-electron chi connectivity index (χ2n) is 5.07. The lowest BCUT2D eigenvalue weighted by Gasteiger charge is -2.02. The van der Waals surface area contributed by atoms with Crippen molar-refractivity contribution >= 4 is 29.2 Å². The van der Waals surface area contributed by atoms with Gasteiger partial charge in [-0.25, -0.2) is 0 Å². The van der Waals surface area contributed by atoms with E-state index >= 15 is 0 Å². The van der Waals surface area contributed by atoms with E-state index in [0.29, 0.717) is 16.8 Å². The first kappa shape index (κ1) is 13.9. The van der Waals surface area contributed by atoms with Gasteiger partial charge in [0.25, 0.3) is 0 Å². The number of allylic oxidation sites excluding steroid dienone is 1. The predicted molar refractivity (Wildman–Crippen MR) is 83.8 cm³/mol. The summed E-state index contributed by atoms with van der Waals surface area (Å²) < 4.78 is 0. The summed E-state index contributed by atoms with van der Waals surface area (Å²) in [6.07, 6.45) is 1.59. The number of Topliss-reactive ketones (excluding diaryl/α,β-unsaturated/α-hetero) is 2. The van der Waals surface area contributed by atoms with E-state index in [1.54, 1.807) is 54.6 Å². The van der Waals surface area contributed by atoms with Gasteiger partial charge < -0.3 is 5.32 Å². The molecule has 0 bridgehead atoms. The summed E-state index contributed by atoms with van der Waals surface area (Å²) in [6, 6.07) is 13.8. The maximum Gasteiger partial charge on any atom is 0.221 e. The SMILES string of the molecule is CC(=O)Nc1ccc(C=C2C(=O)c3ccccc3C2=O)cc1. The maximum absolute atomic E-state index is 12.3. The highest BCUT2D eigenvalue weighted by Crippen LogP contribution is 2.27. The molecule has 0 heterocycles. The fourth-order valence-corrected chi connectivity index (χ4v) is 2.44. The predicted octanol–water partition coefficient (Wildman–Crippen LogP) is 3.11. The number of nitrogens with one attached hydrogen (secondary N) is 1. The van der Waals surface area contributed by atoms with Crippen molar-refractivity contribution in [3.8, 4) is 0 Å². The Morgan fingerprint density at radius 2 is 1.45 bits per heavy atom. The van der Waals surface area contributed by atoms with Gasteiger partial charge in [-0.1, -0.05) is 36.4 Å². The van der Waals surface area contributed by atoms with E-state index in [1.807, 2.05) is 0 Å². The van der Waals surface area contributed by atoms with E-state index in [9.17, 15) is 14.4 Å². The van der Waals surface area contributed by atoms with Crippen molar-refractivity contribution < 1.29 is 14.4 Å². The first-order valence-electron chi connectivity index (χ1n) is 6.84. The summed E-state index contributed by atoms with van der Waals surface area (Å²) in [4.78, 5) is 35.5. The minimum Gasteiger partial charge on any atom is -0.326 e. The molecule has 0 aromatic heterocycles. The van der Waals surface area contributed by atoms with E-state index in [4.69, 9.17) is 0 Å². The van der Waals surface area contributed by atoms with E-state index in [-0.39, 0.29) is 23.0 Å². The van der Waals surface area contributed by atoms with Crippen LogP contribution in [0.3, 0.4) is 0 Å². The average molecular weight is 291 g/mol. The molecule has 0 atom stereocenters. The Morgan fingerprint density at radius 3 is 1.95 bits per heavy atom. The molecule has 1 aliphatic carbocycles. The number of carbonyl (C=O) groups excluding carboxylic acids is 3. The van der Waals surface area contributed by atoms with Gasteiger partial charge in [0.1, 0.15) is 0 Å². The van der Waals surface area contributed by atoms with Gasteiger partial charge in [-0.15, -0.1) is 0 Å².